The second-order valence-electron chi connectivity index (χ2n) is 2.78. The van der Waals surface area contributed by atoms with E-state index in [0.29, 0.717) is 0 Å². The van der Waals surface area contributed by atoms with Gasteiger partial charge in [0, 0.05) is 37.7 Å². The van der Waals surface area contributed by atoms with E-state index in [1.54, 1.807) is 0 Å². The minimum absolute atomic E-state index is 0.902. The Kier molecular flexibility index (Phi) is 2.60. The molecule has 66 valence electrons. The van der Waals surface area contributed by atoms with Crippen molar-refractivity contribution in [3.05, 3.63) is 5.01 Å². The van der Waals surface area contributed by atoms with Gasteiger partial charge in [-0.15, -0.1) is 5.10 Å². The third-order valence-electron chi connectivity index (χ3n) is 1.91. The summed E-state index contributed by atoms with van der Waals surface area (Å²) in [6.07, 6.45) is 0. The molecule has 2 heterocycles. The first-order valence-corrected chi connectivity index (χ1v) is 4.79. The second-order valence-corrected chi connectivity index (χ2v) is 3.60. The van der Waals surface area contributed by atoms with E-state index in [4.69, 9.17) is 0 Å². The molecule has 1 fully saturated rings. The van der Waals surface area contributed by atoms with Crippen LogP contribution >= 0.6 is 11.5 Å². The molecule has 1 saturated heterocycles. The summed E-state index contributed by atoms with van der Waals surface area (Å²) in [5, 5.41) is 11.8. The van der Waals surface area contributed by atoms with Gasteiger partial charge >= 0.3 is 0 Å². The zero-order valence-electron chi connectivity index (χ0n) is 6.73. The van der Waals surface area contributed by atoms with Crippen molar-refractivity contribution in [1.82, 2.24) is 25.0 Å². The Morgan fingerprint density at radius 3 is 2.92 bits per heavy atom. The Balaban J connectivity index is 1.86. The van der Waals surface area contributed by atoms with Crippen LogP contribution < -0.4 is 5.32 Å². The highest BCUT2D eigenvalue weighted by Gasteiger charge is 2.11. The molecule has 0 aliphatic carbocycles. The Labute approximate surface area is 74.9 Å². The number of piperazine rings is 1. The molecule has 0 atom stereocenters. The Morgan fingerprint density at radius 1 is 1.42 bits per heavy atom. The molecule has 0 radical (unpaired) electrons. The highest BCUT2D eigenvalue weighted by atomic mass is 32.1. The molecule has 0 unspecified atom stereocenters. The predicted octanol–water partition coefficient (Wildman–Crippen LogP) is -0.662. The third-order valence-corrected chi connectivity index (χ3v) is 2.48. The lowest BCUT2D eigenvalue weighted by atomic mass is 10.4. The first kappa shape index (κ1) is 8.03. The molecule has 1 aromatic heterocycles. The molecule has 1 N–H and O–H groups in total. The predicted molar refractivity (Wildman–Crippen MR) is 45.9 cm³/mol. The Hall–Kier alpha value is -0.590. The number of hydrogen-bond acceptors (Lipinski definition) is 6. The van der Waals surface area contributed by atoms with E-state index >= 15 is 0 Å². The number of rotatable bonds is 2. The van der Waals surface area contributed by atoms with Gasteiger partial charge in [0.2, 0.25) is 0 Å². The van der Waals surface area contributed by atoms with Gasteiger partial charge in [-0.3, -0.25) is 4.90 Å². The quantitative estimate of drug-likeness (QED) is 0.663. The van der Waals surface area contributed by atoms with E-state index in [9.17, 15) is 0 Å². The van der Waals surface area contributed by atoms with Crippen molar-refractivity contribution < 1.29 is 0 Å². The van der Waals surface area contributed by atoms with Gasteiger partial charge in [-0.2, -0.15) is 0 Å². The minimum atomic E-state index is 0.902. The largest absolute Gasteiger partial charge is 0.314 e. The van der Waals surface area contributed by atoms with Crippen molar-refractivity contribution >= 4 is 11.5 Å². The maximum Gasteiger partial charge on any atom is 0.152 e. The van der Waals surface area contributed by atoms with Crippen LogP contribution in [0.25, 0.3) is 0 Å². The van der Waals surface area contributed by atoms with Crippen LogP contribution in [0.4, 0.5) is 0 Å². The van der Waals surface area contributed by atoms with Crippen LogP contribution in [0.3, 0.4) is 0 Å². The van der Waals surface area contributed by atoms with E-state index < -0.39 is 0 Å². The Morgan fingerprint density at radius 2 is 2.25 bits per heavy atom. The van der Waals surface area contributed by atoms with E-state index in [0.717, 1.165) is 37.7 Å². The second kappa shape index (κ2) is 3.88. The average molecular weight is 185 g/mol. The van der Waals surface area contributed by atoms with Crippen molar-refractivity contribution in [1.29, 1.82) is 0 Å². The van der Waals surface area contributed by atoms with Gasteiger partial charge in [0.25, 0.3) is 0 Å². The lowest BCUT2D eigenvalue weighted by Gasteiger charge is -2.25. The summed E-state index contributed by atoms with van der Waals surface area (Å²) in [5.41, 5.74) is 0. The van der Waals surface area contributed by atoms with Gasteiger partial charge in [-0.1, -0.05) is 4.49 Å². The van der Waals surface area contributed by atoms with Crippen LogP contribution in [-0.4, -0.2) is 45.9 Å². The van der Waals surface area contributed by atoms with Gasteiger partial charge in [0.05, 0.1) is 6.54 Å². The van der Waals surface area contributed by atoms with Crippen LogP contribution in [0.2, 0.25) is 0 Å². The van der Waals surface area contributed by atoms with Gasteiger partial charge in [0.1, 0.15) is 0 Å². The highest BCUT2D eigenvalue weighted by Crippen LogP contribution is 2.03. The lowest BCUT2D eigenvalue weighted by molar-refractivity contribution is 0.232. The van der Waals surface area contributed by atoms with Gasteiger partial charge < -0.3 is 5.32 Å². The van der Waals surface area contributed by atoms with Crippen molar-refractivity contribution in [2.45, 2.75) is 6.54 Å². The molecular weight excluding hydrogens is 174 g/mol. The molecule has 0 aromatic carbocycles. The first-order chi connectivity index (χ1) is 5.95. The van der Waals surface area contributed by atoms with E-state index in [2.05, 4.69) is 25.0 Å². The van der Waals surface area contributed by atoms with Crippen LogP contribution in [0.5, 0.6) is 0 Å². The summed E-state index contributed by atoms with van der Waals surface area (Å²) in [4.78, 5) is 2.36. The van der Waals surface area contributed by atoms with Crippen LogP contribution in [-0.2, 0) is 6.54 Å². The summed E-state index contributed by atoms with van der Waals surface area (Å²) in [6.45, 7) is 5.25. The molecule has 12 heavy (non-hydrogen) atoms. The van der Waals surface area contributed by atoms with E-state index in [1.165, 1.54) is 11.5 Å². The molecule has 5 nitrogen and oxygen atoms in total. The van der Waals surface area contributed by atoms with Crippen LogP contribution in [0, 0.1) is 0 Å². The van der Waals surface area contributed by atoms with Gasteiger partial charge in [0.15, 0.2) is 5.01 Å². The highest BCUT2D eigenvalue weighted by molar-refractivity contribution is 7.05. The van der Waals surface area contributed by atoms with Crippen LogP contribution in [0.1, 0.15) is 5.01 Å². The number of nitrogens with one attached hydrogen (secondary N) is 1. The molecule has 1 aromatic rings. The van der Waals surface area contributed by atoms with Crippen molar-refractivity contribution in [2.75, 3.05) is 26.2 Å². The monoisotopic (exact) mass is 185 g/mol. The maximum atomic E-state index is 3.91. The molecule has 2 rings (SSSR count). The number of aromatic nitrogens is 3. The minimum Gasteiger partial charge on any atom is -0.314 e. The average Bonchev–Trinajstić information content (AvgIpc) is 2.59. The summed E-state index contributed by atoms with van der Waals surface area (Å²) in [5.74, 6) is 0. The summed E-state index contributed by atoms with van der Waals surface area (Å²) in [6, 6.07) is 0. The lowest BCUT2D eigenvalue weighted by Crippen LogP contribution is -2.42. The topological polar surface area (TPSA) is 53.9 Å². The SMILES string of the molecule is C1CN(Cc2nnns2)CCN1. The molecule has 1 aliphatic rings. The van der Waals surface area contributed by atoms with Gasteiger partial charge in [-0.25, -0.2) is 0 Å². The van der Waals surface area contributed by atoms with Gasteiger partial charge in [-0.05, 0) is 5.21 Å². The normalized spacial score (nSPS) is 19.7. The smallest absolute Gasteiger partial charge is 0.152 e. The fourth-order valence-electron chi connectivity index (χ4n) is 1.27. The van der Waals surface area contributed by atoms with E-state index in [-0.39, 0.29) is 0 Å². The summed E-state index contributed by atoms with van der Waals surface area (Å²) < 4.78 is 3.73. The molecule has 6 heteroatoms. The third kappa shape index (κ3) is 1.96. The maximum absolute atomic E-state index is 3.91. The number of nitrogens with zero attached hydrogens (tertiary/aromatic N) is 4. The molecule has 1 aliphatic heterocycles. The van der Waals surface area contributed by atoms with Crippen molar-refractivity contribution in [2.24, 2.45) is 0 Å². The molecule has 0 saturated carbocycles. The first-order valence-electron chi connectivity index (χ1n) is 4.02. The zero-order valence-corrected chi connectivity index (χ0v) is 7.55. The fraction of sp³-hybridized carbons (Fsp3) is 0.833. The molecule has 0 spiro atoms. The zero-order chi connectivity index (χ0) is 8.23. The molecule has 0 bridgehead atoms. The standard InChI is InChI=1S/C6H11N5S/c1-3-11(4-2-7-1)5-6-8-9-10-12-6/h7H,1-5H2. The van der Waals surface area contributed by atoms with E-state index in [1.807, 2.05) is 0 Å². The number of hydrogen-bond donors (Lipinski definition) is 1. The Bertz CT molecular complexity index is 218. The summed E-state index contributed by atoms with van der Waals surface area (Å²) >= 11 is 1.38. The summed E-state index contributed by atoms with van der Waals surface area (Å²) in [7, 11) is 0. The van der Waals surface area contributed by atoms with Crippen molar-refractivity contribution in [3.63, 3.8) is 0 Å². The molecule has 0 amide bonds. The molecular formula is C6H11N5S. The fourth-order valence-corrected chi connectivity index (χ4v) is 1.75. The van der Waals surface area contributed by atoms with Crippen LogP contribution in [0.15, 0.2) is 0 Å². The van der Waals surface area contributed by atoms with Crippen molar-refractivity contribution in [3.8, 4) is 0 Å².